The van der Waals surface area contributed by atoms with Gasteiger partial charge >= 0.3 is 0 Å². The molecule has 6 rings (SSSR count). The third kappa shape index (κ3) is 4.64. The number of aromatic nitrogens is 1. The van der Waals surface area contributed by atoms with E-state index >= 15 is 0 Å². The molecule has 5 aromatic rings. The summed E-state index contributed by atoms with van der Waals surface area (Å²) in [4.78, 5) is 4.90. The van der Waals surface area contributed by atoms with Crippen molar-refractivity contribution in [2.24, 2.45) is 10.7 Å². The van der Waals surface area contributed by atoms with Crippen molar-refractivity contribution < 1.29 is 0 Å². The topological polar surface area (TPSA) is 43.3 Å². The maximum atomic E-state index is 6.45. The number of hydrogen-bond acceptors (Lipinski definition) is 1. The summed E-state index contributed by atoms with van der Waals surface area (Å²) < 4.78 is 2.46. The second-order valence-electron chi connectivity index (χ2n) is 9.37. The Kier molecular flexibility index (Phi) is 6.26. The van der Waals surface area contributed by atoms with E-state index in [1.54, 1.807) is 0 Å². The van der Waals surface area contributed by atoms with E-state index in [9.17, 15) is 0 Å². The maximum absolute atomic E-state index is 6.45. The van der Waals surface area contributed by atoms with Gasteiger partial charge in [0.15, 0.2) is 0 Å². The molecule has 3 nitrogen and oxygen atoms in total. The van der Waals surface area contributed by atoms with E-state index < -0.39 is 0 Å². The Morgan fingerprint density at radius 3 is 2.00 bits per heavy atom. The van der Waals surface area contributed by atoms with Crippen LogP contribution in [-0.2, 0) is 6.42 Å². The zero-order valence-corrected chi connectivity index (χ0v) is 20.7. The minimum Gasteiger partial charge on any atom is -0.383 e. The molecule has 0 amide bonds. The summed E-state index contributed by atoms with van der Waals surface area (Å²) in [6.07, 6.45) is 10.7. The Morgan fingerprint density at radius 2 is 1.38 bits per heavy atom. The summed E-state index contributed by atoms with van der Waals surface area (Å²) in [6, 6.07) is 38.0. The zero-order valence-electron chi connectivity index (χ0n) is 20.7. The molecule has 3 heteroatoms. The van der Waals surface area contributed by atoms with Crippen LogP contribution in [0.5, 0.6) is 0 Å². The first-order valence-corrected chi connectivity index (χ1v) is 12.8. The van der Waals surface area contributed by atoms with E-state index in [0.29, 0.717) is 5.84 Å². The quantitative estimate of drug-likeness (QED) is 0.196. The molecule has 0 radical (unpaired) electrons. The van der Waals surface area contributed by atoms with Crippen LogP contribution in [0.3, 0.4) is 0 Å². The van der Waals surface area contributed by atoms with E-state index in [1.165, 1.54) is 27.4 Å². The van der Waals surface area contributed by atoms with E-state index in [1.807, 2.05) is 36.4 Å². The van der Waals surface area contributed by atoms with E-state index in [2.05, 4.69) is 102 Å². The summed E-state index contributed by atoms with van der Waals surface area (Å²) in [5.74, 6) is 0.527. The maximum Gasteiger partial charge on any atom is 0.131 e. The largest absolute Gasteiger partial charge is 0.383 e. The highest BCUT2D eigenvalue weighted by Crippen LogP contribution is 2.35. The third-order valence-electron chi connectivity index (χ3n) is 7.01. The van der Waals surface area contributed by atoms with Crippen molar-refractivity contribution in [3.63, 3.8) is 0 Å². The minimum absolute atomic E-state index is 0.236. The van der Waals surface area contributed by atoms with Gasteiger partial charge in [-0.05, 0) is 36.1 Å². The number of hydrogen-bond donors (Lipinski definition) is 1. The lowest BCUT2D eigenvalue weighted by Crippen LogP contribution is -2.14. The van der Waals surface area contributed by atoms with Gasteiger partial charge in [-0.15, -0.1) is 0 Å². The molecule has 1 aromatic heterocycles. The number of fused-ring (bicyclic) bond motifs is 3. The fourth-order valence-electron chi connectivity index (χ4n) is 5.16. The summed E-state index contributed by atoms with van der Waals surface area (Å²) in [7, 11) is 0. The summed E-state index contributed by atoms with van der Waals surface area (Å²) in [5, 5.41) is 2.59. The van der Waals surface area contributed by atoms with Gasteiger partial charge in [-0.3, -0.25) is 0 Å². The van der Waals surface area contributed by atoms with Crippen molar-refractivity contribution in [2.45, 2.75) is 18.9 Å². The number of amidine groups is 1. The molecule has 180 valence electrons. The number of allylic oxidation sites excluding steroid dienone is 4. The van der Waals surface area contributed by atoms with Crippen molar-refractivity contribution in [1.82, 2.24) is 4.57 Å². The van der Waals surface area contributed by atoms with Gasteiger partial charge in [0.2, 0.25) is 0 Å². The van der Waals surface area contributed by atoms with Gasteiger partial charge in [-0.25, -0.2) is 4.99 Å². The molecule has 0 spiro atoms. The molecule has 0 fully saturated rings. The van der Waals surface area contributed by atoms with Crippen LogP contribution in [0, 0.1) is 0 Å². The van der Waals surface area contributed by atoms with Crippen LogP contribution in [-0.4, -0.2) is 10.4 Å². The number of para-hydroxylation sites is 2. The normalized spacial score (nSPS) is 16.3. The molecule has 1 atom stereocenters. The monoisotopic (exact) mass is 479 g/mol. The van der Waals surface area contributed by atoms with Crippen LogP contribution in [0.2, 0.25) is 0 Å². The van der Waals surface area contributed by atoms with Crippen LogP contribution >= 0.6 is 0 Å². The van der Waals surface area contributed by atoms with Crippen molar-refractivity contribution >= 4 is 27.6 Å². The second-order valence-corrected chi connectivity index (χ2v) is 9.37. The highest BCUT2D eigenvalue weighted by atomic mass is 15.0. The number of aliphatic imine (C=N–C) groups is 1. The molecule has 0 saturated heterocycles. The van der Waals surface area contributed by atoms with Crippen LogP contribution in [0.4, 0.5) is 0 Å². The highest BCUT2D eigenvalue weighted by molar-refractivity contribution is 6.08. The third-order valence-corrected chi connectivity index (χ3v) is 7.01. The summed E-state index contributed by atoms with van der Waals surface area (Å²) in [5.41, 5.74) is 13.2. The van der Waals surface area contributed by atoms with Gasteiger partial charge in [0.25, 0.3) is 0 Å². The van der Waals surface area contributed by atoms with Crippen molar-refractivity contribution in [2.75, 3.05) is 0 Å². The van der Waals surface area contributed by atoms with Gasteiger partial charge in [0.1, 0.15) is 5.84 Å². The Labute approximate surface area is 217 Å². The fraction of sp³-hybridized carbons (Fsp3) is 0.0882. The number of benzene rings is 4. The first kappa shape index (κ1) is 22.8. The van der Waals surface area contributed by atoms with Gasteiger partial charge in [0.05, 0.1) is 11.7 Å². The predicted molar refractivity (Wildman–Crippen MR) is 156 cm³/mol. The number of rotatable bonds is 6. The fourth-order valence-corrected chi connectivity index (χ4v) is 5.16. The van der Waals surface area contributed by atoms with Gasteiger partial charge in [-0.1, -0.05) is 121 Å². The molecule has 1 aliphatic rings. The van der Waals surface area contributed by atoms with Crippen molar-refractivity contribution in [3.05, 3.63) is 156 Å². The van der Waals surface area contributed by atoms with Gasteiger partial charge in [0, 0.05) is 27.4 Å². The molecule has 0 bridgehead atoms. The lowest BCUT2D eigenvalue weighted by Gasteiger charge is -2.21. The van der Waals surface area contributed by atoms with Crippen LogP contribution in [0.1, 0.15) is 23.6 Å². The molecule has 0 saturated carbocycles. The van der Waals surface area contributed by atoms with Gasteiger partial charge < -0.3 is 10.3 Å². The average Bonchev–Trinajstić information content (AvgIpc) is 3.31. The molecule has 37 heavy (non-hydrogen) atoms. The Morgan fingerprint density at radius 1 is 0.784 bits per heavy atom. The standard InChI is InChI=1S/C34H29N3/c35-34(27-13-5-2-6-14-27)36-31(24-19-25-11-3-1-4-12-25)26-20-22-28(23-21-26)37-32-17-9-7-15-29(32)30-16-8-10-18-33(30)37/h1-18,20-22,24,28H,19,23H2,(H2,35,36)/b31-24-. The second kappa shape index (κ2) is 10.2. The first-order valence-electron chi connectivity index (χ1n) is 12.8. The molecule has 1 heterocycles. The lowest BCUT2D eigenvalue weighted by molar-refractivity contribution is 0.645. The average molecular weight is 480 g/mol. The number of nitrogens with two attached hydrogens (primary N) is 1. The SMILES string of the molecule is NC(=N/C(=C\Cc1ccccc1)C1=CCC(n2c3ccccc3c3ccccc32)C=C1)c1ccccc1. The van der Waals surface area contributed by atoms with Crippen LogP contribution in [0.15, 0.2) is 150 Å². The zero-order chi connectivity index (χ0) is 25.0. The van der Waals surface area contributed by atoms with Crippen LogP contribution < -0.4 is 5.73 Å². The smallest absolute Gasteiger partial charge is 0.131 e. The lowest BCUT2D eigenvalue weighted by atomic mass is 9.99. The predicted octanol–water partition coefficient (Wildman–Crippen LogP) is 7.75. The van der Waals surface area contributed by atoms with Crippen LogP contribution in [0.25, 0.3) is 21.8 Å². The minimum atomic E-state index is 0.236. The molecular formula is C34H29N3. The Bertz CT molecular complexity index is 1610. The molecule has 0 aliphatic heterocycles. The van der Waals surface area contributed by atoms with E-state index in [0.717, 1.165) is 29.7 Å². The Hall–Kier alpha value is -4.63. The Balaban J connectivity index is 1.35. The van der Waals surface area contributed by atoms with E-state index in [4.69, 9.17) is 10.7 Å². The van der Waals surface area contributed by atoms with E-state index in [-0.39, 0.29) is 6.04 Å². The van der Waals surface area contributed by atoms with Crippen molar-refractivity contribution in [3.8, 4) is 0 Å². The molecular weight excluding hydrogens is 450 g/mol. The first-order chi connectivity index (χ1) is 18.3. The molecule has 1 aliphatic carbocycles. The highest BCUT2D eigenvalue weighted by Gasteiger charge is 2.18. The number of nitrogens with zero attached hydrogens (tertiary/aromatic N) is 2. The van der Waals surface area contributed by atoms with Gasteiger partial charge in [-0.2, -0.15) is 0 Å². The summed E-state index contributed by atoms with van der Waals surface area (Å²) >= 11 is 0. The summed E-state index contributed by atoms with van der Waals surface area (Å²) in [6.45, 7) is 0. The van der Waals surface area contributed by atoms with Crippen molar-refractivity contribution in [1.29, 1.82) is 0 Å². The molecule has 1 unspecified atom stereocenters. The molecule has 2 N–H and O–H groups in total. The molecule has 4 aromatic carbocycles.